The number of benzene rings is 9. The van der Waals surface area contributed by atoms with Gasteiger partial charge < -0.3 is 5.11 Å². The molecule has 0 atom stereocenters. The molecular formula is C72H60N3OPt-. The smallest absolute Gasteiger partial charge is 0.148 e. The quantitative estimate of drug-likeness (QED) is 0.124. The van der Waals surface area contributed by atoms with Gasteiger partial charge in [-0.2, -0.15) is 0 Å². The number of hydrogen-bond acceptors (Lipinski definition) is 3. The van der Waals surface area contributed by atoms with E-state index in [1.54, 1.807) is 0 Å². The number of phenols is 1. The van der Waals surface area contributed by atoms with E-state index in [4.69, 9.17) is 9.97 Å². The Hall–Kier alpha value is -7.91. The van der Waals surface area contributed by atoms with Crippen molar-refractivity contribution in [2.75, 3.05) is 0 Å². The van der Waals surface area contributed by atoms with E-state index in [9.17, 15) is 7.85 Å². The molecule has 13 rings (SSSR count). The topological polar surface area (TPSA) is 50.9 Å². The summed E-state index contributed by atoms with van der Waals surface area (Å²) in [5, 5.41) is 12.5. The molecule has 380 valence electrons. The summed E-state index contributed by atoms with van der Waals surface area (Å²) in [6.45, 7) is 0. The molecule has 0 radical (unpaired) electrons. The van der Waals surface area contributed by atoms with E-state index in [1.165, 1.54) is 31.2 Å². The van der Waals surface area contributed by atoms with Gasteiger partial charge in [0.25, 0.3) is 0 Å². The number of pyridine rings is 1. The zero-order valence-electron chi connectivity index (χ0n) is 45.0. The number of imidazole rings is 1. The molecule has 11 aromatic rings. The average Bonchev–Trinajstić information content (AvgIpc) is 4.29. The first-order valence-corrected chi connectivity index (χ1v) is 27.1. The molecular weight excluding hydrogens is 1120 g/mol. The Morgan fingerprint density at radius 3 is 1.74 bits per heavy atom. The Balaban J connectivity index is 0.00000623. The van der Waals surface area contributed by atoms with Crippen molar-refractivity contribution in [2.24, 2.45) is 5.92 Å². The Bertz CT molecular complexity index is 3930. The zero-order valence-corrected chi connectivity index (χ0v) is 45.3. The largest absolute Gasteiger partial charge is 0.507 e. The Morgan fingerprint density at radius 1 is 0.481 bits per heavy atom. The van der Waals surface area contributed by atoms with Gasteiger partial charge in [0, 0.05) is 46.8 Å². The number of aromatic nitrogens is 3. The fourth-order valence-corrected chi connectivity index (χ4v) is 12.0. The molecule has 0 amide bonds. The summed E-state index contributed by atoms with van der Waals surface area (Å²) in [7, 11) is 0. The number of phenolic OH excluding ortho intramolecular Hbond substituents is 1. The van der Waals surface area contributed by atoms with Crippen LogP contribution >= 0.6 is 0 Å². The number of hydrogen-bond donors (Lipinski definition) is 1. The number of para-hydroxylation sites is 2. The standard InChI is InChI=1S/C72H60N3O.Pt/c76-71-64(57-23-9-3-10-24-57)28-15-29-65(71)72-74-70-63(27-16-30-69(70)75(72)68-40-31-50(43-49-17-13-14-18-49)44-66(68)58-25-11-4-12-26-58)61-45-60(52-21-7-2-8-22-52)46-62(47-61)67-48-59(41-42-73-67)56-38-36-55(37-39-56)54-34-32-53(33-35-54)51-19-5-1-6-20-51;/h1-12,15-16,19-31,36-42,44-46,48-49,53-54,76H,13-14,17-18,32-35,43H2;/q-1;/i53D,54D;. The van der Waals surface area contributed by atoms with Crippen LogP contribution in [-0.2, 0) is 27.5 Å². The van der Waals surface area contributed by atoms with Gasteiger partial charge in [-0.05, 0) is 125 Å². The first kappa shape index (κ1) is 47.5. The van der Waals surface area contributed by atoms with E-state index < -0.39 is 11.8 Å². The molecule has 0 unspecified atom stereocenters. The molecule has 2 fully saturated rings. The molecule has 0 bridgehead atoms. The minimum atomic E-state index is -0.736. The summed E-state index contributed by atoms with van der Waals surface area (Å²) >= 11 is 0. The van der Waals surface area contributed by atoms with E-state index in [0.717, 1.165) is 101 Å². The van der Waals surface area contributed by atoms with Crippen LogP contribution in [0.2, 0.25) is 0 Å². The van der Waals surface area contributed by atoms with E-state index in [1.807, 2.05) is 85.1 Å². The van der Waals surface area contributed by atoms with E-state index in [2.05, 4.69) is 156 Å². The maximum Gasteiger partial charge on any atom is 0.148 e. The van der Waals surface area contributed by atoms with Crippen LogP contribution in [-0.4, -0.2) is 19.6 Å². The average molecular weight is 1180 g/mol. The fraction of sp³-hybridized carbons (Fsp3) is 0.167. The molecule has 2 aliphatic carbocycles. The summed E-state index contributed by atoms with van der Waals surface area (Å²) in [6, 6.07) is 81.6. The van der Waals surface area contributed by atoms with Gasteiger partial charge in [0.05, 0.1) is 22.3 Å². The molecule has 77 heavy (non-hydrogen) atoms. The minimum Gasteiger partial charge on any atom is -0.507 e. The van der Waals surface area contributed by atoms with Crippen LogP contribution in [0.3, 0.4) is 0 Å². The number of rotatable bonds is 12. The second-order valence-corrected chi connectivity index (χ2v) is 20.7. The second-order valence-electron chi connectivity index (χ2n) is 20.7. The molecule has 1 N–H and O–H groups in total. The Morgan fingerprint density at radius 2 is 1.05 bits per heavy atom. The van der Waals surface area contributed by atoms with Crippen molar-refractivity contribution < 1.29 is 28.9 Å². The van der Waals surface area contributed by atoms with Crippen molar-refractivity contribution in [3.63, 3.8) is 0 Å². The van der Waals surface area contributed by atoms with E-state index in [-0.39, 0.29) is 26.8 Å². The van der Waals surface area contributed by atoms with E-state index in [0.29, 0.717) is 43.0 Å². The van der Waals surface area contributed by atoms with Crippen molar-refractivity contribution in [1.29, 1.82) is 0 Å². The second kappa shape index (κ2) is 22.4. The molecule has 2 aliphatic rings. The van der Waals surface area contributed by atoms with Gasteiger partial charge in [0.2, 0.25) is 0 Å². The zero-order chi connectivity index (χ0) is 52.6. The predicted octanol–water partition coefficient (Wildman–Crippen LogP) is 18.8. The Labute approximate surface area is 470 Å². The van der Waals surface area contributed by atoms with Crippen molar-refractivity contribution in [1.82, 2.24) is 14.5 Å². The summed E-state index contributed by atoms with van der Waals surface area (Å²) in [5.74, 6) is 0.119. The molecule has 2 saturated carbocycles. The van der Waals surface area contributed by atoms with Crippen molar-refractivity contribution >= 4 is 11.0 Å². The van der Waals surface area contributed by atoms with Crippen LogP contribution in [0.5, 0.6) is 5.75 Å². The molecule has 2 heterocycles. The number of fused-ring (bicyclic) bond motifs is 1. The summed E-state index contributed by atoms with van der Waals surface area (Å²) in [5.41, 5.74) is 18.2. The first-order chi connectivity index (χ1) is 38.3. The molecule has 0 spiro atoms. The molecule has 5 heteroatoms. The van der Waals surface area contributed by atoms with Crippen LogP contribution in [0, 0.1) is 12.0 Å². The van der Waals surface area contributed by atoms with Crippen LogP contribution in [0.25, 0.3) is 95.0 Å². The fourth-order valence-electron chi connectivity index (χ4n) is 12.0. The Kier molecular flexibility index (Phi) is 13.8. The number of nitrogens with zero attached hydrogens (tertiary/aromatic N) is 3. The molecule has 0 aliphatic heterocycles. The van der Waals surface area contributed by atoms with Crippen LogP contribution < -0.4 is 0 Å². The maximum absolute atomic E-state index is 12.5. The van der Waals surface area contributed by atoms with E-state index >= 15 is 0 Å². The summed E-state index contributed by atoms with van der Waals surface area (Å²) < 4.78 is 21.1. The molecule has 4 nitrogen and oxygen atoms in total. The third-order valence-electron chi connectivity index (χ3n) is 16.0. The third kappa shape index (κ3) is 10.3. The van der Waals surface area contributed by atoms with Gasteiger partial charge in [0.15, 0.2) is 0 Å². The summed E-state index contributed by atoms with van der Waals surface area (Å²) in [6.07, 6.45) is 10.7. The van der Waals surface area contributed by atoms with Gasteiger partial charge >= 0.3 is 0 Å². The normalized spacial score (nSPS) is 17.9. The number of aromatic hydroxyl groups is 1. The van der Waals surface area contributed by atoms with Crippen LogP contribution in [0.4, 0.5) is 0 Å². The first-order valence-electron chi connectivity index (χ1n) is 28.1. The van der Waals surface area contributed by atoms with Crippen LogP contribution in [0.1, 0.15) is 82.6 Å². The molecule has 2 aromatic heterocycles. The van der Waals surface area contributed by atoms with Crippen molar-refractivity contribution in [3.8, 4) is 89.7 Å². The van der Waals surface area contributed by atoms with Gasteiger partial charge in [-0.3, -0.25) is 9.55 Å². The predicted molar refractivity (Wildman–Crippen MR) is 313 cm³/mol. The van der Waals surface area contributed by atoms with Gasteiger partial charge in [-0.25, -0.2) is 4.98 Å². The maximum atomic E-state index is 12.5. The monoisotopic (exact) mass is 1180 g/mol. The van der Waals surface area contributed by atoms with Gasteiger partial charge in [-0.1, -0.05) is 224 Å². The van der Waals surface area contributed by atoms with Gasteiger partial charge in [0.1, 0.15) is 11.6 Å². The molecule has 0 saturated heterocycles. The van der Waals surface area contributed by atoms with Crippen molar-refractivity contribution in [2.45, 2.75) is 69.6 Å². The molecule has 9 aromatic carbocycles. The van der Waals surface area contributed by atoms with Crippen molar-refractivity contribution in [3.05, 3.63) is 253 Å². The minimum absolute atomic E-state index is 0. The SMILES string of the molecule is [2H]C1(c2ccccc2)CCC([2H])(c2ccc(-c3ccnc(-c4[c-]c(-c5cccc6c5nc(-c5cccc(-c7ccccc7)c5O)n6-c5ccc(CC6CCCC6)cc5-c5ccccc5)cc(-c5ccccc5)c4)c3)cc2)CC1.[Pt]. The van der Waals surface area contributed by atoms with Crippen LogP contribution in [0.15, 0.2) is 231 Å². The van der Waals surface area contributed by atoms with Gasteiger partial charge in [-0.15, -0.1) is 23.8 Å². The third-order valence-corrected chi connectivity index (χ3v) is 16.0. The summed E-state index contributed by atoms with van der Waals surface area (Å²) in [4.78, 5) is 10.6.